The molecule has 0 saturated heterocycles. The first-order valence-corrected chi connectivity index (χ1v) is 14.4. The molecule has 0 spiro atoms. The number of likely N-dealkylation sites (N-methyl/N-ethyl adjacent to an activating group) is 1. The van der Waals surface area contributed by atoms with Gasteiger partial charge in [-0.2, -0.15) is 4.31 Å². The summed E-state index contributed by atoms with van der Waals surface area (Å²) in [6, 6.07) is 12.9. The van der Waals surface area contributed by atoms with E-state index in [1.54, 1.807) is 37.3 Å². The Kier molecular flexibility index (Phi) is 9.28. The molecule has 4 rings (SSSR count). The predicted molar refractivity (Wildman–Crippen MR) is 151 cm³/mol. The smallest absolute Gasteiger partial charge is 0.259 e. The van der Waals surface area contributed by atoms with Crippen LogP contribution < -0.4 is 9.47 Å². The number of sulfonamides is 1. The lowest BCUT2D eigenvalue weighted by Crippen LogP contribution is -2.50. The highest BCUT2D eigenvalue weighted by Gasteiger charge is 2.36. The first kappa shape index (κ1) is 30.0. The van der Waals surface area contributed by atoms with Gasteiger partial charge in [0.25, 0.3) is 5.91 Å². The number of carbonyl (C=O) groups excluding carboxylic acids is 1. The molecule has 0 saturated carbocycles. The van der Waals surface area contributed by atoms with E-state index in [2.05, 4.69) is 16.8 Å². The van der Waals surface area contributed by atoms with Crippen molar-refractivity contribution in [1.29, 1.82) is 0 Å². The Labute approximate surface area is 239 Å². The summed E-state index contributed by atoms with van der Waals surface area (Å²) in [5.74, 6) is 5.37. The lowest BCUT2D eigenvalue weighted by molar-refractivity contribution is 0.0373. The van der Waals surface area contributed by atoms with Crippen LogP contribution >= 0.6 is 0 Å². The van der Waals surface area contributed by atoms with Gasteiger partial charge in [0.2, 0.25) is 15.9 Å². The molecule has 9 nitrogen and oxygen atoms in total. The minimum absolute atomic E-state index is 0.0156. The quantitative estimate of drug-likeness (QED) is 0.427. The molecule has 1 N–H and O–H groups in total. The van der Waals surface area contributed by atoms with Crippen LogP contribution in [0.3, 0.4) is 0 Å². The highest BCUT2D eigenvalue weighted by molar-refractivity contribution is 7.89. The topological polar surface area (TPSA) is 109 Å². The number of benzene rings is 2. The van der Waals surface area contributed by atoms with Crippen molar-refractivity contribution in [3.8, 4) is 23.5 Å². The number of hydrogen-bond acceptors (Lipinski definition) is 7. The van der Waals surface area contributed by atoms with Gasteiger partial charge in [0.05, 0.1) is 31.2 Å². The van der Waals surface area contributed by atoms with Crippen LogP contribution in [0.2, 0.25) is 0 Å². The van der Waals surface area contributed by atoms with Crippen molar-refractivity contribution in [2.45, 2.75) is 30.9 Å². The third-order valence-corrected chi connectivity index (χ3v) is 8.76. The van der Waals surface area contributed by atoms with Crippen LogP contribution in [0.25, 0.3) is 0 Å². The summed E-state index contributed by atoms with van der Waals surface area (Å²) >= 11 is 0. The molecule has 11 heteroatoms. The molecule has 3 aromatic rings. The van der Waals surface area contributed by atoms with E-state index in [1.807, 2.05) is 6.92 Å². The van der Waals surface area contributed by atoms with Crippen LogP contribution in [0.15, 0.2) is 65.7 Å². The van der Waals surface area contributed by atoms with Gasteiger partial charge in [0, 0.05) is 36.8 Å². The Morgan fingerprint density at radius 3 is 2.46 bits per heavy atom. The van der Waals surface area contributed by atoms with Crippen molar-refractivity contribution in [3.63, 3.8) is 0 Å². The number of carbonyl (C=O) groups is 1. The highest BCUT2D eigenvalue weighted by atomic mass is 32.2. The van der Waals surface area contributed by atoms with Gasteiger partial charge in [-0.15, -0.1) is 0 Å². The number of amides is 1. The van der Waals surface area contributed by atoms with Crippen molar-refractivity contribution in [1.82, 2.24) is 14.2 Å². The molecule has 1 aliphatic rings. The van der Waals surface area contributed by atoms with Crippen LogP contribution in [-0.4, -0.2) is 79.6 Å². The molecule has 2 aromatic carbocycles. The number of pyridine rings is 1. The lowest BCUT2D eigenvalue weighted by Gasteiger charge is -2.37. The molecule has 1 aliphatic heterocycles. The number of halogens is 1. The molecule has 0 unspecified atom stereocenters. The van der Waals surface area contributed by atoms with Gasteiger partial charge in [-0.05, 0) is 61.5 Å². The molecule has 0 aliphatic carbocycles. The average Bonchev–Trinajstić information content (AvgIpc) is 2.98. The second-order valence-electron chi connectivity index (χ2n) is 9.92. The van der Waals surface area contributed by atoms with Crippen LogP contribution in [0.1, 0.15) is 35.3 Å². The molecule has 216 valence electrons. The Balaban J connectivity index is 1.66. The third kappa shape index (κ3) is 6.85. The monoisotopic (exact) mass is 581 g/mol. The molecule has 0 fully saturated rings. The molecule has 0 bridgehead atoms. The van der Waals surface area contributed by atoms with Gasteiger partial charge >= 0.3 is 0 Å². The normalized spacial score (nSPS) is 17.9. The molecule has 3 atom stereocenters. The second-order valence-corrected chi connectivity index (χ2v) is 12.0. The van der Waals surface area contributed by atoms with Crippen LogP contribution in [0.5, 0.6) is 11.6 Å². The molecule has 2 heterocycles. The van der Waals surface area contributed by atoms with E-state index in [-0.39, 0.29) is 53.7 Å². The lowest BCUT2D eigenvalue weighted by atomic mass is 10.0. The molecule has 1 aromatic heterocycles. The number of fused-ring (bicyclic) bond motifs is 1. The van der Waals surface area contributed by atoms with Crippen LogP contribution in [0.4, 0.5) is 4.39 Å². The summed E-state index contributed by atoms with van der Waals surface area (Å²) in [4.78, 5) is 19.6. The zero-order chi connectivity index (χ0) is 29.7. The summed E-state index contributed by atoms with van der Waals surface area (Å²) in [6.07, 6.45) is 0.792. The van der Waals surface area contributed by atoms with Crippen LogP contribution in [0, 0.1) is 23.6 Å². The van der Waals surface area contributed by atoms with Gasteiger partial charge in [0.1, 0.15) is 23.2 Å². The van der Waals surface area contributed by atoms with Crippen molar-refractivity contribution < 1.29 is 32.2 Å². The van der Waals surface area contributed by atoms with Crippen molar-refractivity contribution >= 4 is 15.9 Å². The number of ether oxygens (including phenoxy) is 2. The van der Waals surface area contributed by atoms with E-state index in [0.29, 0.717) is 16.9 Å². The second kappa shape index (κ2) is 12.7. The Morgan fingerprint density at radius 2 is 1.83 bits per heavy atom. The van der Waals surface area contributed by atoms with Crippen molar-refractivity contribution in [3.05, 3.63) is 83.3 Å². The number of hydrogen-bond donors (Lipinski definition) is 1. The maximum atomic E-state index is 13.6. The average molecular weight is 582 g/mol. The SMILES string of the molecule is COc1ccc(S(=O)(=O)N(C)C[C@@H]2Oc3ncc(C#Cc4ccc(F)cc4)cc3C(=O)N([C@H](C)CO)C[C@@H]2C)cc1. The number of aromatic nitrogens is 1. The van der Waals surface area contributed by atoms with Crippen molar-refractivity contribution in [2.24, 2.45) is 5.92 Å². The van der Waals surface area contributed by atoms with Crippen molar-refractivity contribution in [2.75, 3.05) is 33.9 Å². The van der Waals surface area contributed by atoms with Gasteiger partial charge in [-0.3, -0.25) is 4.79 Å². The molecular weight excluding hydrogens is 549 g/mol. The Bertz CT molecular complexity index is 1550. The summed E-state index contributed by atoms with van der Waals surface area (Å²) in [5, 5.41) is 9.88. The van der Waals surface area contributed by atoms with E-state index in [4.69, 9.17) is 9.47 Å². The molecule has 1 amide bonds. The summed E-state index contributed by atoms with van der Waals surface area (Å²) in [6.45, 7) is 3.53. The van der Waals surface area contributed by atoms with E-state index >= 15 is 0 Å². The fourth-order valence-electron chi connectivity index (χ4n) is 4.35. The standard InChI is InChI=1S/C30H32FN3O6S/c1-20-17-34(21(2)19-35)30(36)27-15-23(6-5-22-7-9-24(31)10-8-22)16-32-29(27)40-28(20)18-33(3)41(37,38)26-13-11-25(39-4)12-14-26/h7-16,20-21,28,35H,17-19H2,1-4H3/t20-,21+,28-/m0/s1. The van der Waals surface area contributed by atoms with E-state index < -0.39 is 22.2 Å². The third-order valence-electron chi connectivity index (χ3n) is 6.92. The van der Waals surface area contributed by atoms with E-state index in [9.17, 15) is 22.7 Å². The summed E-state index contributed by atoms with van der Waals surface area (Å²) < 4.78 is 52.4. The number of aliphatic hydroxyl groups excluding tert-OH is 1. The first-order chi connectivity index (χ1) is 19.5. The zero-order valence-electron chi connectivity index (χ0n) is 23.2. The summed E-state index contributed by atoms with van der Waals surface area (Å²) in [7, 11) is -0.888. The molecular formula is C30H32FN3O6S. The molecule has 41 heavy (non-hydrogen) atoms. The number of nitrogens with zero attached hydrogens (tertiary/aromatic N) is 3. The number of methoxy groups -OCH3 is 1. The molecule has 0 radical (unpaired) electrons. The number of aliphatic hydroxyl groups is 1. The maximum Gasteiger partial charge on any atom is 0.259 e. The van der Waals surface area contributed by atoms with E-state index in [0.717, 1.165) is 0 Å². The van der Waals surface area contributed by atoms with Gasteiger partial charge < -0.3 is 19.5 Å². The minimum Gasteiger partial charge on any atom is -0.497 e. The highest BCUT2D eigenvalue weighted by Crippen LogP contribution is 2.28. The fraction of sp³-hybridized carbons (Fsp3) is 0.333. The zero-order valence-corrected chi connectivity index (χ0v) is 24.1. The van der Waals surface area contributed by atoms with Gasteiger partial charge in [-0.25, -0.2) is 17.8 Å². The first-order valence-electron chi connectivity index (χ1n) is 13.0. The largest absolute Gasteiger partial charge is 0.497 e. The van der Waals surface area contributed by atoms with Gasteiger partial charge in [-0.1, -0.05) is 18.8 Å². The fourth-order valence-corrected chi connectivity index (χ4v) is 5.53. The minimum atomic E-state index is -3.86. The Hall–Kier alpha value is -3.98. The maximum absolute atomic E-state index is 13.6. The van der Waals surface area contributed by atoms with Crippen LogP contribution in [-0.2, 0) is 10.0 Å². The number of rotatable bonds is 7. The Morgan fingerprint density at radius 1 is 1.17 bits per heavy atom. The predicted octanol–water partition coefficient (Wildman–Crippen LogP) is 3.17. The van der Waals surface area contributed by atoms with E-state index in [1.165, 1.54) is 53.8 Å². The summed E-state index contributed by atoms with van der Waals surface area (Å²) in [5.41, 5.74) is 1.17. The van der Waals surface area contributed by atoms with Gasteiger partial charge in [0.15, 0.2) is 0 Å².